The molecular weight excluding hydrogens is 300 g/mol. The molecule has 0 saturated carbocycles. The van der Waals surface area contributed by atoms with Crippen LogP contribution >= 0.6 is 0 Å². The molecule has 0 aromatic heterocycles. The summed E-state index contributed by atoms with van der Waals surface area (Å²) in [7, 11) is 0. The van der Waals surface area contributed by atoms with Gasteiger partial charge in [-0.1, -0.05) is 0 Å². The van der Waals surface area contributed by atoms with Gasteiger partial charge in [-0.3, -0.25) is 19.3 Å². The maximum Gasteiger partial charge on any atom is 0.232 e. The lowest BCUT2D eigenvalue weighted by molar-refractivity contribution is -0.141. The van der Waals surface area contributed by atoms with E-state index in [4.69, 9.17) is 4.74 Å². The number of rotatable bonds is 5. The average Bonchev–Trinajstić information content (AvgIpc) is 2.56. The first kappa shape index (κ1) is 17.7. The minimum Gasteiger partial charge on any atom is -0.379 e. The molecule has 2 fully saturated rings. The van der Waals surface area contributed by atoms with Gasteiger partial charge in [-0.05, 0) is 0 Å². The van der Waals surface area contributed by atoms with Crippen LogP contribution in [0.1, 0.15) is 13.3 Å². The van der Waals surface area contributed by atoms with Crippen molar-refractivity contribution in [3.05, 3.63) is 0 Å². The quantitative estimate of drug-likeness (QED) is 0.623. The monoisotopic (exact) mass is 326 g/mol. The third kappa shape index (κ3) is 5.80. The highest BCUT2D eigenvalue weighted by Crippen LogP contribution is 2.04. The van der Waals surface area contributed by atoms with Gasteiger partial charge >= 0.3 is 0 Å². The van der Waals surface area contributed by atoms with Crippen LogP contribution in [0.3, 0.4) is 0 Å². The second-order valence-corrected chi connectivity index (χ2v) is 5.87. The van der Waals surface area contributed by atoms with Crippen LogP contribution in [0.15, 0.2) is 0 Å². The minimum absolute atomic E-state index is 0.0259. The van der Waals surface area contributed by atoms with E-state index in [1.165, 1.54) is 6.92 Å². The van der Waals surface area contributed by atoms with Crippen LogP contribution in [0, 0.1) is 0 Å². The maximum absolute atomic E-state index is 12.1. The molecule has 0 spiro atoms. The molecule has 0 unspecified atom stereocenters. The van der Waals surface area contributed by atoms with Crippen LogP contribution in [-0.4, -0.2) is 98.0 Å². The SMILES string of the molecule is CC(=O)N1CCN(C(=O)CC(=O)NCCN2CCOCC2)CC1. The molecule has 8 heteroatoms. The van der Waals surface area contributed by atoms with Crippen molar-refractivity contribution in [1.29, 1.82) is 0 Å². The second-order valence-electron chi connectivity index (χ2n) is 5.87. The van der Waals surface area contributed by atoms with Crippen molar-refractivity contribution in [2.45, 2.75) is 13.3 Å². The highest BCUT2D eigenvalue weighted by atomic mass is 16.5. The van der Waals surface area contributed by atoms with Gasteiger partial charge in [0.05, 0.1) is 13.2 Å². The summed E-state index contributed by atoms with van der Waals surface area (Å²) in [6.45, 7) is 8.17. The first-order valence-corrected chi connectivity index (χ1v) is 8.16. The predicted octanol–water partition coefficient (Wildman–Crippen LogP) is -1.48. The first-order valence-electron chi connectivity index (χ1n) is 8.16. The molecule has 0 aromatic carbocycles. The number of hydrogen-bond acceptors (Lipinski definition) is 5. The molecule has 0 atom stereocenters. The Balaban J connectivity index is 1.61. The Morgan fingerprint density at radius 2 is 1.57 bits per heavy atom. The van der Waals surface area contributed by atoms with Gasteiger partial charge in [-0.15, -0.1) is 0 Å². The van der Waals surface area contributed by atoms with Crippen LogP contribution in [0.2, 0.25) is 0 Å². The van der Waals surface area contributed by atoms with Crippen molar-refractivity contribution in [3.8, 4) is 0 Å². The molecule has 0 radical (unpaired) electrons. The minimum atomic E-state index is -0.239. The molecule has 23 heavy (non-hydrogen) atoms. The summed E-state index contributed by atoms with van der Waals surface area (Å²) in [4.78, 5) is 40.8. The number of amides is 3. The van der Waals surface area contributed by atoms with Gasteiger partial charge in [0, 0.05) is 59.3 Å². The fourth-order valence-corrected chi connectivity index (χ4v) is 2.76. The predicted molar refractivity (Wildman–Crippen MR) is 83.7 cm³/mol. The van der Waals surface area contributed by atoms with Gasteiger partial charge in [-0.2, -0.15) is 0 Å². The van der Waals surface area contributed by atoms with Gasteiger partial charge in [0.1, 0.15) is 6.42 Å². The van der Waals surface area contributed by atoms with E-state index >= 15 is 0 Å². The van der Waals surface area contributed by atoms with Crippen molar-refractivity contribution < 1.29 is 19.1 Å². The van der Waals surface area contributed by atoms with Crippen molar-refractivity contribution in [2.24, 2.45) is 0 Å². The van der Waals surface area contributed by atoms with Crippen molar-refractivity contribution in [3.63, 3.8) is 0 Å². The normalized spacial score (nSPS) is 19.5. The number of carbonyl (C=O) groups excluding carboxylic acids is 3. The Hall–Kier alpha value is -1.67. The third-order valence-corrected chi connectivity index (χ3v) is 4.24. The number of ether oxygens (including phenoxy) is 1. The van der Waals surface area contributed by atoms with Crippen molar-refractivity contribution in [2.75, 3.05) is 65.6 Å². The van der Waals surface area contributed by atoms with Crippen LogP contribution in [0.4, 0.5) is 0 Å². The molecule has 3 amide bonds. The Labute approximate surface area is 136 Å². The largest absolute Gasteiger partial charge is 0.379 e. The average molecular weight is 326 g/mol. The smallest absolute Gasteiger partial charge is 0.232 e. The molecular formula is C15H26N4O4. The zero-order valence-electron chi connectivity index (χ0n) is 13.8. The topological polar surface area (TPSA) is 82.2 Å². The van der Waals surface area contributed by atoms with Gasteiger partial charge in [-0.25, -0.2) is 0 Å². The maximum atomic E-state index is 12.1. The fraction of sp³-hybridized carbons (Fsp3) is 0.800. The first-order chi connectivity index (χ1) is 11.1. The summed E-state index contributed by atoms with van der Waals surface area (Å²) >= 11 is 0. The number of piperazine rings is 1. The van der Waals surface area contributed by atoms with E-state index in [-0.39, 0.29) is 24.1 Å². The lowest BCUT2D eigenvalue weighted by atomic mass is 10.2. The number of morpholine rings is 1. The van der Waals surface area contributed by atoms with Crippen LogP contribution in [0.5, 0.6) is 0 Å². The summed E-state index contributed by atoms with van der Waals surface area (Å²) in [5.41, 5.74) is 0. The zero-order valence-corrected chi connectivity index (χ0v) is 13.8. The van der Waals surface area contributed by atoms with E-state index in [0.29, 0.717) is 32.7 Å². The molecule has 0 aromatic rings. The van der Waals surface area contributed by atoms with E-state index in [1.54, 1.807) is 9.80 Å². The molecule has 130 valence electrons. The summed E-state index contributed by atoms with van der Waals surface area (Å²) in [6.07, 6.45) is -0.122. The summed E-state index contributed by atoms with van der Waals surface area (Å²) in [5.74, 6) is -0.382. The molecule has 1 N–H and O–H groups in total. The summed E-state index contributed by atoms with van der Waals surface area (Å²) in [6, 6.07) is 0. The van der Waals surface area contributed by atoms with Gasteiger partial charge in [0.25, 0.3) is 0 Å². The van der Waals surface area contributed by atoms with E-state index in [2.05, 4.69) is 10.2 Å². The van der Waals surface area contributed by atoms with Crippen LogP contribution in [-0.2, 0) is 19.1 Å². The molecule has 8 nitrogen and oxygen atoms in total. The molecule has 2 heterocycles. The Bertz CT molecular complexity index is 429. The van der Waals surface area contributed by atoms with E-state index < -0.39 is 0 Å². The molecule has 2 aliphatic heterocycles. The highest BCUT2D eigenvalue weighted by molar-refractivity contribution is 5.97. The van der Waals surface area contributed by atoms with Crippen molar-refractivity contribution in [1.82, 2.24) is 20.0 Å². The fourth-order valence-electron chi connectivity index (χ4n) is 2.76. The molecule has 2 rings (SSSR count). The molecule has 2 saturated heterocycles. The lowest BCUT2D eigenvalue weighted by Gasteiger charge is -2.34. The number of hydrogen-bond donors (Lipinski definition) is 1. The number of nitrogens with one attached hydrogen (secondary N) is 1. The van der Waals surface area contributed by atoms with Gasteiger partial charge < -0.3 is 19.9 Å². The molecule has 0 aliphatic carbocycles. The van der Waals surface area contributed by atoms with Crippen molar-refractivity contribution >= 4 is 17.7 Å². The van der Waals surface area contributed by atoms with Crippen LogP contribution < -0.4 is 5.32 Å². The molecule has 0 bridgehead atoms. The summed E-state index contributed by atoms with van der Waals surface area (Å²) < 4.78 is 5.27. The summed E-state index contributed by atoms with van der Waals surface area (Å²) in [5, 5.41) is 2.79. The van der Waals surface area contributed by atoms with Gasteiger partial charge in [0.15, 0.2) is 0 Å². The molecule has 2 aliphatic rings. The van der Waals surface area contributed by atoms with E-state index in [1.807, 2.05) is 0 Å². The number of carbonyl (C=O) groups is 3. The highest BCUT2D eigenvalue weighted by Gasteiger charge is 2.23. The third-order valence-electron chi connectivity index (χ3n) is 4.24. The van der Waals surface area contributed by atoms with Gasteiger partial charge in [0.2, 0.25) is 17.7 Å². The number of nitrogens with zero attached hydrogens (tertiary/aromatic N) is 3. The van der Waals surface area contributed by atoms with E-state index in [0.717, 1.165) is 32.8 Å². The Morgan fingerprint density at radius 1 is 0.957 bits per heavy atom. The van der Waals surface area contributed by atoms with E-state index in [9.17, 15) is 14.4 Å². The van der Waals surface area contributed by atoms with Crippen LogP contribution in [0.25, 0.3) is 0 Å². The second kappa shape index (κ2) is 8.83. The Morgan fingerprint density at radius 3 is 2.17 bits per heavy atom. The standard InChI is InChI=1S/C15H26N4O4/c1-13(20)18-4-6-19(7-5-18)15(22)12-14(21)16-2-3-17-8-10-23-11-9-17/h2-12H2,1H3,(H,16,21). The Kier molecular flexibility index (Phi) is 6.79. The lowest BCUT2D eigenvalue weighted by Crippen LogP contribution is -2.50. The zero-order chi connectivity index (χ0) is 16.7.